The highest BCUT2D eigenvalue weighted by atomic mass is 16.5. The summed E-state index contributed by atoms with van der Waals surface area (Å²) in [5.74, 6) is 1.53. The van der Waals surface area contributed by atoms with Gasteiger partial charge in [-0.05, 0) is 62.0 Å². The summed E-state index contributed by atoms with van der Waals surface area (Å²) in [4.78, 5) is 16.7. The maximum Gasteiger partial charge on any atom is 0.265 e. The molecule has 1 fully saturated rings. The Balaban J connectivity index is 1.34. The van der Waals surface area contributed by atoms with Crippen molar-refractivity contribution >= 4 is 11.6 Å². The van der Waals surface area contributed by atoms with Crippen LogP contribution in [0.2, 0.25) is 0 Å². The summed E-state index contributed by atoms with van der Waals surface area (Å²) in [6.45, 7) is 6.20. The Bertz CT molecular complexity index is 781. The van der Waals surface area contributed by atoms with Gasteiger partial charge in [0.05, 0.1) is 5.69 Å². The minimum absolute atomic E-state index is 0.0542. The first-order valence-corrected chi connectivity index (χ1v) is 9.52. The van der Waals surface area contributed by atoms with E-state index in [2.05, 4.69) is 36.1 Å². The van der Waals surface area contributed by atoms with Gasteiger partial charge in [-0.25, -0.2) is 0 Å². The summed E-state index contributed by atoms with van der Waals surface area (Å²) in [5.41, 5.74) is 3.81. The molecule has 4 nitrogen and oxygen atoms in total. The van der Waals surface area contributed by atoms with E-state index in [1.54, 1.807) is 0 Å². The Morgan fingerprint density at radius 3 is 2.54 bits per heavy atom. The Morgan fingerprint density at radius 1 is 1.00 bits per heavy atom. The van der Waals surface area contributed by atoms with E-state index in [4.69, 9.17) is 4.74 Å². The lowest BCUT2D eigenvalue weighted by atomic mass is 9.87. The number of aryl methyl sites for hydroxylation is 1. The highest BCUT2D eigenvalue weighted by Gasteiger charge is 2.27. The van der Waals surface area contributed by atoms with Crippen molar-refractivity contribution in [3.63, 3.8) is 0 Å². The number of anilines is 1. The number of fused-ring (bicyclic) bond motifs is 1. The molecule has 0 N–H and O–H groups in total. The zero-order valence-corrected chi connectivity index (χ0v) is 15.4. The first-order chi connectivity index (χ1) is 12.7. The molecule has 2 aromatic rings. The van der Waals surface area contributed by atoms with E-state index in [0.29, 0.717) is 5.92 Å². The van der Waals surface area contributed by atoms with Crippen LogP contribution in [0.1, 0.15) is 29.9 Å². The summed E-state index contributed by atoms with van der Waals surface area (Å²) in [6, 6.07) is 16.6. The van der Waals surface area contributed by atoms with Crippen molar-refractivity contribution in [3.05, 3.63) is 59.7 Å². The predicted octanol–water partition coefficient (Wildman–Crippen LogP) is 3.60. The van der Waals surface area contributed by atoms with Crippen LogP contribution in [0.4, 0.5) is 5.69 Å². The number of carbonyl (C=O) groups excluding carboxylic acids is 1. The Hall–Kier alpha value is -2.33. The fraction of sp³-hybridized carbons (Fsp3) is 0.409. The molecule has 0 atom stereocenters. The number of ether oxygens (including phenoxy) is 1. The second-order valence-electron chi connectivity index (χ2n) is 7.27. The average molecular weight is 350 g/mol. The normalized spacial score (nSPS) is 18.5. The van der Waals surface area contributed by atoms with Gasteiger partial charge in [0.1, 0.15) is 5.75 Å². The molecule has 1 saturated heterocycles. The van der Waals surface area contributed by atoms with Gasteiger partial charge in [0, 0.05) is 13.1 Å². The van der Waals surface area contributed by atoms with Crippen LogP contribution in [0, 0.1) is 6.92 Å². The van der Waals surface area contributed by atoms with Crippen molar-refractivity contribution in [2.45, 2.75) is 25.7 Å². The summed E-state index contributed by atoms with van der Waals surface area (Å²) in [7, 11) is 0. The minimum atomic E-state index is 0.0542. The standard InChI is InChI=1S/C22H26N2O2/c1-17-6-2-3-7-19(17)18-10-12-23(13-11-18)14-15-24-20-8-4-5-9-21(20)26-16-22(24)25/h2-9,18H,10-16H2,1H3. The van der Waals surface area contributed by atoms with Gasteiger partial charge in [0.2, 0.25) is 0 Å². The highest BCUT2D eigenvalue weighted by molar-refractivity contribution is 5.97. The largest absolute Gasteiger partial charge is 0.482 e. The third-order valence-electron chi connectivity index (χ3n) is 5.66. The number of para-hydroxylation sites is 2. The number of rotatable bonds is 4. The fourth-order valence-corrected chi connectivity index (χ4v) is 4.15. The van der Waals surface area contributed by atoms with Crippen LogP contribution in [-0.2, 0) is 4.79 Å². The molecule has 0 bridgehead atoms. The van der Waals surface area contributed by atoms with E-state index < -0.39 is 0 Å². The molecule has 2 heterocycles. The smallest absolute Gasteiger partial charge is 0.265 e. The van der Waals surface area contributed by atoms with Crippen LogP contribution in [0.25, 0.3) is 0 Å². The third kappa shape index (κ3) is 3.47. The first kappa shape index (κ1) is 17.1. The lowest BCUT2D eigenvalue weighted by Crippen LogP contribution is -2.44. The summed E-state index contributed by atoms with van der Waals surface area (Å²) in [5, 5.41) is 0. The maximum atomic E-state index is 12.3. The molecule has 0 unspecified atom stereocenters. The SMILES string of the molecule is Cc1ccccc1C1CCN(CCN2C(=O)COc3ccccc32)CC1. The fourth-order valence-electron chi connectivity index (χ4n) is 4.15. The van der Waals surface area contributed by atoms with Crippen LogP contribution in [-0.4, -0.2) is 43.6 Å². The number of hydrogen-bond acceptors (Lipinski definition) is 3. The van der Waals surface area contributed by atoms with E-state index in [-0.39, 0.29) is 12.5 Å². The van der Waals surface area contributed by atoms with Crippen molar-refractivity contribution in [1.29, 1.82) is 0 Å². The van der Waals surface area contributed by atoms with Crippen molar-refractivity contribution < 1.29 is 9.53 Å². The molecular formula is C22H26N2O2. The Kier molecular flexibility index (Phi) is 4.93. The zero-order chi connectivity index (χ0) is 17.9. The van der Waals surface area contributed by atoms with Gasteiger partial charge in [-0.15, -0.1) is 0 Å². The third-order valence-corrected chi connectivity index (χ3v) is 5.66. The Labute approximate surface area is 155 Å². The van der Waals surface area contributed by atoms with Crippen LogP contribution in [0.15, 0.2) is 48.5 Å². The summed E-state index contributed by atoms with van der Waals surface area (Å²) in [6.07, 6.45) is 2.39. The predicted molar refractivity (Wildman–Crippen MR) is 104 cm³/mol. The van der Waals surface area contributed by atoms with Crippen molar-refractivity contribution in [3.8, 4) is 5.75 Å². The molecular weight excluding hydrogens is 324 g/mol. The highest BCUT2D eigenvalue weighted by Crippen LogP contribution is 2.32. The molecule has 4 heteroatoms. The number of benzene rings is 2. The molecule has 4 rings (SSSR count). The number of carbonyl (C=O) groups is 1. The molecule has 0 radical (unpaired) electrons. The molecule has 0 saturated carbocycles. The van der Waals surface area contributed by atoms with Gasteiger partial charge in [-0.1, -0.05) is 36.4 Å². The van der Waals surface area contributed by atoms with Crippen molar-refractivity contribution in [2.24, 2.45) is 0 Å². The quantitative estimate of drug-likeness (QED) is 0.845. The van der Waals surface area contributed by atoms with Crippen LogP contribution >= 0.6 is 0 Å². The topological polar surface area (TPSA) is 32.8 Å². The second-order valence-corrected chi connectivity index (χ2v) is 7.27. The van der Waals surface area contributed by atoms with Gasteiger partial charge >= 0.3 is 0 Å². The van der Waals surface area contributed by atoms with Crippen molar-refractivity contribution in [1.82, 2.24) is 4.90 Å². The summed E-state index contributed by atoms with van der Waals surface area (Å²) >= 11 is 0. The van der Waals surface area contributed by atoms with E-state index in [9.17, 15) is 4.79 Å². The Morgan fingerprint density at radius 2 is 1.73 bits per heavy atom. The molecule has 26 heavy (non-hydrogen) atoms. The molecule has 2 aliphatic rings. The molecule has 0 spiro atoms. The number of piperidine rings is 1. The number of likely N-dealkylation sites (tertiary alicyclic amines) is 1. The average Bonchev–Trinajstić information content (AvgIpc) is 2.68. The molecule has 1 amide bonds. The maximum absolute atomic E-state index is 12.3. The summed E-state index contributed by atoms with van der Waals surface area (Å²) < 4.78 is 5.53. The molecule has 0 aromatic heterocycles. The van der Waals surface area contributed by atoms with Gasteiger partial charge in [-0.3, -0.25) is 4.79 Å². The molecule has 2 aliphatic heterocycles. The van der Waals surface area contributed by atoms with Gasteiger partial charge in [-0.2, -0.15) is 0 Å². The minimum Gasteiger partial charge on any atom is -0.482 e. The van der Waals surface area contributed by atoms with E-state index in [0.717, 1.165) is 37.6 Å². The first-order valence-electron chi connectivity index (χ1n) is 9.52. The molecule has 2 aromatic carbocycles. The van der Waals surface area contributed by atoms with E-state index >= 15 is 0 Å². The zero-order valence-electron chi connectivity index (χ0n) is 15.4. The van der Waals surface area contributed by atoms with Crippen LogP contribution < -0.4 is 9.64 Å². The van der Waals surface area contributed by atoms with Gasteiger partial charge in [0.15, 0.2) is 6.61 Å². The number of hydrogen-bond donors (Lipinski definition) is 0. The molecule has 0 aliphatic carbocycles. The monoisotopic (exact) mass is 350 g/mol. The van der Waals surface area contributed by atoms with Gasteiger partial charge < -0.3 is 14.5 Å². The molecule has 136 valence electrons. The number of amides is 1. The van der Waals surface area contributed by atoms with Gasteiger partial charge in [0.25, 0.3) is 5.91 Å². The number of nitrogens with zero attached hydrogens (tertiary/aromatic N) is 2. The van der Waals surface area contributed by atoms with E-state index in [1.807, 2.05) is 29.2 Å². The van der Waals surface area contributed by atoms with Crippen LogP contribution in [0.3, 0.4) is 0 Å². The lowest BCUT2D eigenvalue weighted by molar-refractivity contribution is -0.121. The van der Waals surface area contributed by atoms with Crippen molar-refractivity contribution in [2.75, 3.05) is 37.7 Å². The van der Waals surface area contributed by atoms with E-state index in [1.165, 1.54) is 24.0 Å². The second kappa shape index (κ2) is 7.50. The lowest BCUT2D eigenvalue weighted by Gasteiger charge is -2.35. The van der Waals surface area contributed by atoms with Crippen LogP contribution in [0.5, 0.6) is 5.75 Å².